The minimum Gasteiger partial charge on any atom is -0.326 e. The molecule has 0 bridgehead atoms. The van der Waals surface area contributed by atoms with Crippen LogP contribution in [0.2, 0.25) is 0 Å². The smallest absolute Gasteiger partial charge is 0.239 e. The minimum atomic E-state index is -0.418. The molecule has 19 heavy (non-hydrogen) atoms. The van der Waals surface area contributed by atoms with Gasteiger partial charge in [0.2, 0.25) is 11.8 Å². The van der Waals surface area contributed by atoms with E-state index in [1.54, 1.807) is 0 Å². The molecule has 0 radical (unpaired) electrons. The molecule has 2 amide bonds. The van der Waals surface area contributed by atoms with Crippen LogP contribution in [0.4, 0.5) is 5.69 Å². The molecule has 0 aliphatic carbocycles. The van der Waals surface area contributed by atoms with Gasteiger partial charge >= 0.3 is 0 Å². The first kappa shape index (κ1) is 14.0. The van der Waals surface area contributed by atoms with Crippen molar-refractivity contribution in [3.05, 3.63) is 29.3 Å². The first-order valence-corrected chi connectivity index (χ1v) is 7.12. The van der Waals surface area contributed by atoms with Gasteiger partial charge in [-0.25, -0.2) is 0 Å². The molecule has 0 saturated carbocycles. The van der Waals surface area contributed by atoms with E-state index in [2.05, 4.69) is 10.6 Å². The molecule has 1 atom stereocenters. The van der Waals surface area contributed by atoms with E-state index in [-0.39, 0.29) is 18.2 Å². The van der Waals surface area contributed by atoms with E-state index >= 15 is 0 Å². The second-order valence-corrected chi connectivity index (χ2v) is 6.39. The van der Waals surface area contributed by atoms with E-state index in [9.17, 15) is 9.59 Å². The molecule has 2 rings (SSSR count). The zero-order valence-electron chi connectivity index (χ0n) is 10.6. The number of thiocarbonyl (C=S) groups is 1. The fourth-order valence-electron chi connectivity index (χ4n) is 1.95. The normalized spacial score (nSPS) is 18.3. The van der Waals surface area contributed by atoms with Gasteiger partial charge in [-0.2, -0.15) is 0 Å². The number of rotatable bonds is 3. The highest BCUT2D eigenvalue weighted by Crippen LogP contribution is 2.23. The highest BCUT2D eigenvalue weighted by atomic mass is 32.2. The zero-order valence-corrected chi connectivity index (χ0v) is 12.3. The van der Waals surface area contributed by atoms with E-state index in [1.165, 1.54) is 11.8 Å². The van der Waals surface area contributed by atoms with E-state index in [0.717, 1.165) is 16.8 Å². The molecular formula is C13H14N2O2S2. The Morgan fingerprint density at radius 2 is 2.00 bits per heavy atom. The average molecular weight is 294 g/mol. The summed E-state index contributed by atoms with van der Waals surface area (Å²) in [5.74, 6) is -0.368. The van der Waals surface area contributed by atoms with Gasteiger partial charge < -0.3 is 10.6 Å². The Hall–Kier alpha value is -1.40. The van der Waals surface area contributed by atoms with Crippen LogP contribution in [0.1, 0.15) is 17.5 Å². The van der Waals surface area contributed by atoms with Gasteiger partial charge in [0.05, 0.1) is 5.25 Å². The summed E-state index contributed by atoms with van der Waals surface area (Å²) in [6.07, 6.45) is 0.129. The summed E-state index contributed by atoms with van der Waals surface area (Å²) in [5.41, 5.74) is 2.93. The number of aryl methyl sites for hydroxylation is 2. The first-order valence-electron chi connectivity index (χ1n) is 5.83. The molecule has 1 aromatic rings. The molecule has 100 valence electrons. The minimum absolute atomic E-state index is 0.129. The van der Waals surface area contributed by atoms with Crippen LogP contribution in [0.3, 0.4) is 0 Å². The number of benzene rings is 1. The van der Waals surface area contributed by atoms with Crippen LogP contribution < -0.4 is 10.6 Å². The Morgan fingerprint density at radius 3 is 2.53 bits per heavy atom. The van der Waals surface area contributed by atoms with Crippen LogP contribution in [0.15, 0.2) is 18.2 Å². The molecule has 1 heterocycles. The summed E-state index contributed by atoms with van der Waals surface area (Å²) in [6, 6.07) is 5.84. The van der Waals surface area contributed by atoms with Crippen LogP contribution in [-0.4, -0.2) is 21.4 Å². The number of thioether (sulfide) groups is 1. The molecule has 6 heteroatoms. The van der Waals surface area contributed by atoms with Gasteiger partial charge in [-0.15, -0.1) is 0 Å². The first-order chi connectivity index (χ1) is 8.94. The molecule has 1 fully saturated rings. The molecule has 1 saturated heterocycles. The van der Waals surface area contributed by atoms with E-state index in [4.69, 9.17) is 12.2 Å². The van der Waals surface area contributed by atoms with Gasteiger partial charge in [-0.3, -0.25) is 9.59 Å². The summed E-state index contributed by atoms with van der Waals surface area (Å²) in [5, 5.41) is 4.92. The number of amides is 2. The van der Waals surface area contributed by atoms with Gasteiger partial charge in [0.1, 0.15) is 4.32 Å². The monoisotopic (exact) mass is 294 g/mol. The Balaban J connectivity index is 1.98. The number of carbonyl (C=O) groups is 2. The van der Waals surface area contributed by atoms with Crippen molar-refractivity contribution in [3.63, 3.8) is 0 Å². The predicted molar refractivity (Wildman–Crippen MR) is 81.3 cm³/mol. The van der Waals surface area contributed by atoms with Crippen LogP contribution in [0.5, 0.6) is 0 Å². The number of carbonyl (C=O) groups excluding carboxylic acids is 2. The second-order valence-electron chi connectivity index (χ2n) is 4.51. The Labute approximate surface area is 121 Å². The van der Waals surface area contributed by atoms with Crippen molar-refractivity contribution >= 4 is 45.8 Å². The predicted octanol–water partition coefficient (Wildman–Crippen LogP) is 2.15. The maximum absolute atomic E-state index is 11.9. The molecule has 0 unspecified atom stereocenters. The van der Waals surface area contributed by atoms with Crippen molar-refractivity contribution < 1.29 is 9.59 Å². The number of nitrogens with one attached hydrogen (secondary N) is 2. The Morgan fingerprint density at radius 1 is 1.37 bits per heavy atom. The lowest BCUT2D eigenvalue weighted by molar-refractivity contribution is -0.122. The molecule has 0 aromatic heterocycles. The molecular weight excluding hydrogens is 280 g/mol. The van der Waals surface area contributed by atoms with Crippen molar-refractivity contribution in [2.45, 2.75) is 25.5 Å². The Kier molecular flexibility index (Phi) is 4.21. The van der Waals surface area contributed by atoms with Crippen molar-refractivity contribution in [1.29, 1.82) is 0 Å². The third-order valence-corrected chi connectivity index (χ3v) is 4.02. The fourth-order valence-corrected chi connectivity index (χ4v) is 3.22. The van der Waals surface area contributed by atoms with Crippen LogP contribution in [-0.2, 0) is 9.59 Å². The average Bonchev–Trinajstić information content (AvgIpc) is 2.55. The third kappa shape index (κ3) is 3.78. The number of anilines is 1. The molecule has 0 spiro atoms. The van der Waals surface area contributed by atoms with Gasteiger partial charge in [0, 0.05) is 12.1 Å². The lowest BCUT2D eigenvalue weighted by atomic mass is 10.1. The summed E-state index contributed by atoms with van der Waals surface area (Å²) in [6.45, 7) is 3.95. The van der Waals surface area contributed by atoms with Gasteiger partial charge in [-0.05, 0) is 37.1 Å². The molecule has 1 aliphatic rings. The molecule has 4 nitrogen and oxygen atoms in total. The van der Waals surface area contributed by atoms with Crippen molar-refractivity contribution in [2.24, 2.45) is 0 Å². The summed E-state index contributed by atoms with van der Waals surface area (Å²) < 4.78 is 0.439. The molecule has 1 aromatic carbocycles. The summed E-state index contributed by atoms with van der Waals surface area (Å²) >= 11 is 6.12. The van der Waals surface area contributed by atoms with Crippen LogP contribution in [0.25, 0.3) is 0 Å². The maximum atomic E-state index is 11.9. The summed E-state index contributed by atoms with van der Waals surface area (Å²) in [4.78, 5) is 23.4. The molecule has 2 N–H and O–H groups in total. The second kappa shape index (κ2) is 5.71. The quantitative estimate of drug-likeness (QED) is 0.839. The van der Waals surface area contributed by atoms with Gasteiger partial charge in [0.25, 0.3) is 0 Å². The highest BCUT2D eigenvalue weighted by Gasteiger charge is 2.30. The van der Waals surface area contributed by atoms with E-state index < -0.39 is 5.25 Å². The highest BCUT2D eigenvalue weighted by molar-refractivity contribution is 8.24. The third-order valence-electron chi connectivity index (χ3n) is 2.64. The van der Waals surface area contributed by atoms with E-state index in [0.29, 0.717) is 4.32 Å². The summed E-state index contributed by atoms with van der Waals surface area (Å²) in [7, 11) is 0. The largest absolute Gasteiger partial charge is 0.326 e. The van der Waals surface area contributed by atoms with Gasteiger partial charge in [-0.1, -0.05) is 30.0 Å². The molecule has 1 aliphatic heterocycles. The lowest BCUT2D eigenvalue weighted by Crippen LogP contribution is -2.27. The van der Waals surface area contributed by atoms with Crippen molar-refractivity contribution in [2.75, 3.05) is 5.32 Å². The topological polar surface area (TPSA) is 58.2 Å². The number of hydrogen-bond acceptors (Lipinski definition) is 4. The van der Waals surface area contributed by atoms with Crippen molar-refractivity contribution in [3.8, 4) is 0 Å². The zero-order chi connectivity index (χ0) is 14.0. The standard InChI is InChI=1S/C13H14N2O2S2/c1-7-3-8(2)5-9(4-7)14-11(16)6-10-12(17)15-13(18)19-10/h3-5,10H,6H2,1-2H3,(H,14,16)(H,15,17,18)/t10-/m0/s1. The van der Waals surface area contributed by atoms with E-state index in [1.807, 2.05) is 32.0 Å². The van der Waals surface area contributed by atoms with Crippen LogP contribution in [0, 0.1) is 13.8 Å². The maximum Gasteiger partial charge on any atom is 0.239 e. The Bertz CT molecular complexity index is 537. The van der Waals surface area contributed by atoms with Gasteiger partial charge in [0.15, 0.2) is 0 Å². The number of hydrogen-bond donors (Lipinski definition) is 2. The van der Waals surface area contributed by atoms with Crippen LogP contribution >= 0.6 is 24.0 Å². The lowest BCUT2D eigenvalue weighted by Gasteiger charge is -2.09. The fraction of sp³-hybridized carbons (Fsp3) is 0.308. The van der Waals surface area contributed by atoms with Crippen molar-refractivity contribution in [1.82, 2.24) is 5.32 Å². The SMILES string of the molecule is Cc1cc(C)cc(NC(=O)C[C@@H]2SC(=S)NC2=O)c1.